The van der Waals surface area contributed by atoms with Crippen LogP contribution in [0, 0.1) is 11.3 Å². The average Bonchev–Trinajstić information content (AvgIpc) is 3.66. The van der Waals surface area contributed by atoms with Crippen molar-refractivity contribution in [2.45, 2.75) is 32.1 Å². The van der Waals surface area contributed by atoms with Crippen LogP contribution < -0.4 is 20.3 Å². The van der Waals surface area contributed by atoms with Crippen molar-refractivity contribution >= 4 is 29.7 Å². The number of aromatic nitrogens is 5. The lowest BCUT2D eigenvalue weighted by molar-refractivity contribution is -0.670. The van der Waals surface area contributed by atoms with Gasteiger partial charge in [-0.15, -0.1) is 5.10 Å². The van der Waals surface area contributed by atoms with Crippen LogP contribution in [0.4, 0.5) is 24.8 Å². The highest BCUT2D eigenvalue weighted by molar-refractivity contribution is 5.93. The van der Waals surface area contributed by atoms with E-state index in [1.165, 1.54) is 28.7 Å². The Kier molecular flexibility index (Phi) is 8.95. The van der Waals surface area contributed by atoms with Gasteiger partial charge in [-0.25, -0.2) is 28.2 Å². The van der Waals surface area contributed by atoms with Crippen molar-refractivity contribution in [3.05, 3.63) is 123 Å². The summed E-state index contributed by atoms with van der Waals surface area (Å²) in [6.45, 7) is 1.57. The number of carbonyl (C=O) groups is 2. The molecule has 0 fully saturated rings. The number of nitrogens with zero attached hydrogens (tertiary/aromatic N) is 6. The van der Waals surface area contributed by atoms with Gasteiger partial charge in [0.15, 0.2) is 0 Å². The molecule has 1 N–H and O–H groups in total. The van der Waals surface area contributed by atoms with Crippen LogP contribution in [-0.2, 0) is 33.5 Å². The van der Waals surface area contributed by atoms with Crippen molar-refractivity contribution in [2.24, 2.45) is 0 Å². The quantitative estimate of drug-likeness (QED) is 0.168. The number of anilines is 2. The number of carboxylic acid groups (broad SMARTS) is 1. The number of hydrogen-bond donors (Lipinski definition) is 1. The third-order valence-corrected chi connectivity index (χ3v) is 7.74. The van der Waals surface area contributed by atoms with Gasteiger partial charge in [-0.1, -0.05) is 18.2 Å². The first-order chi connectivity index (χ1) is 22.5. The number of imidazole rings is 1. The van der Waals surface area contributed by atoms with E-state index in [9.17, 15) is 28.0 Å². The van der Waals surface area contributed by atoms with Crippen LogP contribution >= 0.6 is 0 Å². The van der Waals surface area contributed by atoms with Crippen molar-refractivity contribution < 1.29 is 37.2 Å². The Bertz CT molecular complexity index is 2110. The molecule has 1 aliphatic rings. The number of methoxy groups -OCH3 is 1. The normalized spacial score (nSPS) is 14.2. The van der Waals surface area contributed by atoms with Gasteiger partial charge in [0, 0.05) is 30.3 Å². The molecule has 1 atom stereocenters. The minimum Gasteiger partial charge on any atom is -0.554 e. The molecule has 0 saturated heterocycles. The molecule has 4 heterocycles. The smallest absolute Gasteiger partial charge is 0.416 e. The van der Waals surface area contributed by atoms with Crippen LogP contribution in [0.25, 0.3) is 5.65 Å². The van der Waals surface area contributed by atoms with Crippen LogP contribution in [0.3, 0.4) is 0 Å². The first-order valence-corrected chi connectivity index (χ1v) is 14.0. The number of esters is 1. The van der Waals surface area contributed by atoms with E-state index in [1.807, 2.05) is 45.8 Å². The summed E-state index contributed by atoms with van der Waals surface area (Å²) in [6.07, 6.45) is 1.58. The van der Waals surface area contributed by atoms with Gasteiger partial charge in [-0.2, -0.15) is 18.4 Å². The number of fused-ring (bicyclic) bond motifs is 2. The molecule has 15 heteroatoms. The number of rotatable bonds is 6. The standard InChI is InChI=1S/C31H24F3N7O3.CH2O2/c1-19-26(28(42)44-2)27(41-29(36-37-30(41)43)40(19)23-7-5-6-22(17-23)31(32,33)34)24-10-9-20(18-35)16-21(24)11-13-39-15-14-38-12-4-3-8-25(38)39;2-1-3/h3-10,12,14-17,27H,11,13H2,1-2H3;1H,(H,2,3)/t27-;/m1./s1. The van der Waals surface area contributed by atoms with Crippen molar-refractivity contribution in [2.75, 3.05) is 12.0 Å². The number of halogens is 3. The zero-order valence-electron chi connectivity index (χ0n) is 24.9. The number of carbonyl (C=O) groups excluding carboxylic acids is 2. The lowest BCUT2D eigenvalue weighted by Crippen LogP contribution is -2.38. The van der Waals surface area contributed by atoms with Crippen molar-refractivity contribution in [1.82, 2.24) is 19.2 Å². The van der Waals surface area contributed by atoms with Crippen LogP contribution in [0.15, 0.2) is 95.3 Å². The highest BCUT2D eigenvalue weighted by atomic mass is 19.4. The first-order valence-electron chi connectivity index (χ1n) is 14.0. The molecule has 240 valence electrons. The number of alkyl halides is 3. The Morgan fingerprint density at radius 1 is 1.17 bits per heavy atom. The van der Waals surface area contributed by atoms with Crippen LogP contribution in [-0.4, -0.2) is 38.7 Å². The predicted octanol–water partition coefficient (Wildman–Crippen LogP) is 2.80. The molecular formula is C32H26F3N7O5. The Balaban J connectivity index is 0.00000139. The topological polar surface area (TPSA) is 152 Å². The molecule has 0 amide bonds. The number of H-pyrrole nitrogens is 1. The molecule has 12 nitrogen and oxygen atoms in total. The second kappa shape index (κ2) is 13.1. The molecule has 0 bridgehead atoms. The third kappa shape index (κ3) is 6.08. The number of pyridine rings is 1. The fraction of sp³-hybridized carbons (Fsp3) is 0.188. The molecule has 0 aliphatic carbocycles. The second-order valence-electron chi connectivity index (χ2n) is 10.3. The molecule has 0 saturated carbocycles. The van der Waals surface area contributed by atoms with Crippen LogP contribution in [0.2, 0.25) is 0 Å². The van der Waals surface area contributed by atoms with Gasteiger partial charge >= 0.3 is 17.8 Å². The Morgan fingerprint density at radius 3 is 2.64 bits per heavy atom. The maximum atomic E-state index is 13.6. The third-order valence-electron chi connectivity index (χ3n) is 7.74. The molecule has 3 aromatic heterocycles. The number of aryl methyl sites for hydroxylation is 2. The van der Waals surface area contributed by atoms with Crippen molar-refractivity contribution in [3.8, 4) is 6.07 Å². The lowest BCUT2D eigenvalue weighted by Gasteiger charge is -2.36. The van der Waals surface area contributed by atoms with Gasteiger partial charge < -0.3 is 14.6 Å². The van der Waals surface area contributed by atoms with E-state index >= 15 is 0 Å². The molecule has 0 unspecified atom stereocenters. The van der Waals surface area contributed by atoms with E-state index in [-0.39, 0.29) is 22.9 Å². The Hall–Kier alpha value is -6.17. The van der Waals surface area contributed by atoms with E-state index in [0.29, 0.717) is 29.7 Å². The van der Waals surface area contributed by atoms with E-state index < -0.39 is 35.9 Å². The molecule has 5 aromatic rings. The highest BCUT2D eigenvalue weighted by Gasteiger charge is 2.41. The molecule has 6 rings (SSSR count). The summed E-state index contributed by atoms with van der Waals surface area (Å²) < 4.78 is 51.3. The van der Waals surface area contributed by atoms with Gasteiger partial charge in [-0.05, 0) is 54.4 Å². The Morgan fingerprint density at radius 2 is 1.94 bits per heavy atom. The minimum absolute atomic E-state index is 0.00686. The van der Waals surface area contributed by atoms with Gasteiger partial charge in [0.1, 0.15) is 18.4 Å². The summed E-state index contributed by atoms with van der Waals surface area (Å²) in [5, 5.41) is 24.5. The zero-order chi connectivity index (χ0) is 33.9. The summed E-state index contributed by atoms with van der Waals surface area (Å²) in [5.41, 5.74) is 1.30. The molecule has 0 radical (unpaired) electrons. The number of ether oxygens (including phenoxy) is 1. The summed E-state index contributed by atoms with van der Waals surface area (Å²) >= 11 is 0. The van der Waals surface area contributed by atoms with Crippen molar-refractivity contribution in [1.29, 1.82) is 5.26 Å². The number of nitriles is 1. The van der Waals surface area contributed by atoms with E-state index in [0.717, 1.165) is 17.8 Å². The van der Waals surface area contributed by atoms with Crippen molar-refractivity contribution in [3.63, 3.8) is 0 Å². The largest absolute Gasteiger partial charge is 0.554 e. The van der Waals surface area contributed by atoms with E-state index in [4.69, 9.17) is 14.6 Å². The molecule has 47 heavy (non-hydrogen) atoms. The molecule has 1 aliphatic heterocycles. The zero-order valence-corrected chi connectivity index (χ0v) is 24.9. The summed E-state index contributed by atoms with van der Waals surface area (Å²) in [7, 11) is 1.19. The number of hydrogen-bond acceptors (Lipinski definition) is 8. The van der Waals surface area contributed by atoms with E-state index in [2.05, 4.69) is 16.3 Å². The number of nitrogens with one attached hydrogen (secondary N) is 1. The molecule has 2 aromatic carbocycles. The number of allylic oxidation sites excluding steroid dienone is 1. The maximum absolute atomic E-state index is 13.6. The van der Waals surface area contributed by atoms with Crippen LogP contribution in [0.1, 0.15) is 35.2 Å². The van der Waals surface area contributed by atoms with Gasteiger partial charge in [-0.3, -0.25) is 4.90 Å². The van der Waals surface area contributed by atoms with Gasteiger partial charge in [0.25, 0.3) is 5.65 Å². The van der Waals surface area contributed by atoms with Gasteiger partial charge in [0.05, 0.1) is 42.6 Å². The second-order valence-corrected chi connectivity index (χ2v) is 10.3. The predicted molar refractivity (Wildman–Crippen MR) is 158 cm³/mol. The first kappa shape index (κ1) is 32.2. The summed E-state index contributed by atoms with van der Waals surface area (Å²) in [4.78, 5) is 36.4. The van der Waals surface area contributed by atoms with Gasteiger partial charge in [0.2, 0.25) is 5.95 Å². The van der Waals surface area contributed by atoms with E-state index in [1.54, 1.807) is 25.1 Å². The Labute approximate surface area is 264 Å². The highest BCUT2D eigenvalue weighted by Crippen LogP contribution is 2.43. The molecule has 0 spiro atoms. The average molecular weight is 646 g/mol. The minimum atomic E-state index is -4.62. The lowest BCUT2D eigenvalue weighted by atomic mass is 9.89. The monoisotopic (exact) mass is 645 g/mol. The number of benzene rings is 2. The molecular weight excluding hydrogens is 619 g/mol. The summed E-state index contributed by atoms with van der Waals surface area (Å²) in [5.74, 6) is -0.779. The maximum Gasteiger partial charge on any atom is 0.416 e. The fourth-order valence-electron chi connectivity index (χ4n) is 5.71. The SMILES string of the molecule is COC(=O)C1=C(C)N(c2cccc(C(F)(F)F)c2)c2n[nH]c(=O)n2[C@@H]1c1ccc(C#N)cc1CC[n+]1ccn2ccccc21.O=C[O-]. The fourth-order valence-corrected chi connectivity index (χ4v) is 5.71. The summed E-state index contributed by atoms with van der Waals surface area (Å²) in [6, 6.07) is 16.4. The van der Waals surface area contributed by atoms with Crippen LogP contribution in [0.5, 0.6) is 0 Å². The number of aromatic amines is 1.